The molecule has 18 heavy (non-hydrogen) atoms. The Morgan fingerprint density at radius 1 is 1.33 bits per heavy atom. The highest BCUT2D eigenvalue weighted by atomic mass is 79.9. The molecular formula is C13H12BrClFNS. The molecule has 1 nitrogen and oxygen atoms in total. The molecule has 5 heteroatoms. The van der Waals surface area contributed by atoms with Crippen LogP contribution in [-0.4, -0.2) is 7.05 Å². The molecule has 1 atom stereocenters. The van der Waals surface area contributed by atoms with Crippen LogP contribution in [0.4, 0.5) is 4.39 Å². The molecule has 2 rings (SSSR count). The molecule has 0 aliphatic rings. The van der Waals surface area contributed by atoms with Gasteiger partial charge in [-0.3, -0.25) is 0 Å². The summed E-state index contributed by atoms with van der Waals surface area (Å²) in [6, 6.07) is 2.89. The van der Waals surface area contributed by atoms with E-state index in [9.17, 15) is 4.39 Å². The molecule has 0 saturated heterocycles. The van der Waals surface area contributed by atoms with Crippen molar-refractivity contribution in [1.82, 2.24) is 5.32 Å². The first-order valence-electron chi connectivity index (χ1n) is 5.39. The average Bonchev–Trinajstić information content (AvgIpc) is 2.73. The summed E-state index contributed by atoms with van der Waals surface area (Å²) in [5.74, 6) is -0.267. The van der Waals surface area contributed by atoms with Gasteiger partial charge >= 0.3 is 0 Å². The Hall–Kier alpha value is -0.420. The number of nitrogens with one attached hydrogen (secondary N) is 1. The second kappa shape index (κ2) is 5.70. The van der Waals surface area contributed by atoms with Gasteiger partial charge in [0.1, 0.15) is 5.82 Å². The molecule has 1 heterocycles. The third kappa shape index (κ3) is 2.62. The van der Waals surface area contributed by atoms with Crippen LogP contribution in [0.15, 0.2) is 27.4 Å². The maximum atomic E-state index is 14.1. The maximum Gasteiger partial charge on any atom is 0.129 e. The van der Waals surface area contributed by atoms with Gasteiger partial charge in [-0.05, 0) is 63.9 Å². The molecule has 0 amide bonds. The number of rotatable bonds is 3. The summed E-state index contributed by atoms with van der Waals surface area (Å²) in [5.41, 5.74) is 2.80. The SMILES string of the molecule is CNC(c1cscc1C)c1cc(Cl)c(Br)cc1F. The third-order valence-corrected chi connectivity index (χ3v) is 4.92. The van der Waals surface area contributed by atoms with Gasteiger partial charge in [-0.1, -0.05) is 11.6 Å². The molecule has 0 spiro atoms. The van der Waals surface area contributed by atoms with E-state index in [1.54, 1.807) is 17.4 Å². The first-order chi connectivity index (χ1) is 8.54. The number of aryl methyl sites for hydroxylation is 1. The highest BCUT2D eigenvalue weighted by Gasteiger charge is 2.20. The van der Waals surface area contributed by atoms with Gasteiger partial charge in [0, 0.05) is 10.0 Å². The van der Waals surface area contributed by atoms with Gasteiger partial charge in [-0.15, -0.1) is 0 Å². The Balaban J connectivity index is 2.52. The molecule has 1 unspecified atom stereocenters. The molecule has 0 fully saturated rings. The van der Waals surface area contributed by atoms with Crippen molar-refractivity contribution in [3.8, 4) is 0 Å². The third-order valence-electron chi connectivity index (χ3n) is 2.85. The van der Waals surface area contributed by atoms with Gasteiger partial charge in [0.15, 0.2) is 0 Å². The van der Waals surface area contributed by atoms with E-state index in [1.807, 2.05) is 19.4 Å². The number of halogens is 3. The largest absolute Gasteiger partial charge is 0.309 e. The molecular weight excluding hydrogens is 337 g/mol. The van der Waals surface area contributed by atoms with Crippen molar-refractivity contribution in [1.29, 1.82) is 0 Å². The number of thiophene rings is 1. The van der Waals surface area contributed by atoms with Gasteiger partial charge in [0.05, 0.1) is 11.1 Å². The fourth-order valence-corrected chi connectivity index (χ4v) is 3.27. The Bertz CT molecular complexity index is 570. The topological polar surface area (TPSA) is 12.0 Å². The van der Waals surface area contributed by atoms with E-state index in [0.717, 1.165) is 11.1 Å². The fourth-order valence-electron chi connectivity index (χ4n) is 1.90. The second-order valence-electron chi connectivity index (χ2n) is 4.02. The lowest BCUT2D eigenvalue weighted by Gasteiger charge is -2.18. The molecule has 0 bridgehead atoms. The molecule has 96 valence electrons. The van der Waals surface area contributed by atoms with Crippen molar-refractivity contribution in [2.24, 2.45) is 0 Å². The van der Waals surface area contributed by atoms with Crippen molar-refractivity contribution in [3.05, 3.63) is 54.9 Å². The minimum atomic E-state index is -0.267. The predicted molar refractivity (Wildman–Crippen MR) is 79.1 cm³/mol. The lowest BCUT2D eigenvalue weighted by Crippen LogP contribution is -2.19. The van der Waals surface area contributed by atoms with Gasteiger partial charge in [-0.25, -0.2) is 4.39 Å². The fraction of sp³-hybridized carbons (Fsp3) is 0.231. The standard InChI is InChI=1S/C13H12BrClFNS/c1-7-5-18-6-9(7)13(17-2)8-3-11(15)10(14)4-12(8)16/h3-6,13,17H,1-2H3. The molecule has 0 saturated carbocycles. The summed E-state index contributed by atoms with van der Waals surface area (Å²) in [4.78, 5) is 0. The molecule has 1 N–H and O–H groups in total. The molecule has 2 aromatic rings. The van der Waals surface area contributed by atoms with E-state index in [2.05, 4.69) is 26.6 Å². The van der Waals surface area contributed by atoms with Crippen molar-refractivity contribution < 1.29 is 4.39 Å². The summed E-state index contributed by atoms with van der Waals surface area (Å²) >= 11 is 10.9. The Labute approximate surface area is 123 Å². The Morgan fingerprint density at radius 3 is 2.61 bits per heavy atom. The van der Waals surface area contributed by atoms with Crippen LogP contribution < -0.4 is 5.32 Å². The summed E-state index contributed by atoms with van der Waals surface area (Å²) < 4.78 is 14.6. The Kier molecular flexibility index (Phi) is 4.43. The molecule has 1 aromatic heterocycles. The molecule has 1 aromatic carbocycles. The van der Waals surface area contributed by atoms with Crippen molar-refractivity contribution in [3.63, 3.8) is 0 Å². The van der Waals surface area contributed by atoms with Crippen LogP contribution in [0.25, 0.3) is 0 Å². The highest BCUT2D eigenvalue weighted by Crippen LogP contribution is 2.33. The van der Waals surface area contributed by atoms with Crippen LogP contribution in [0.3, 0.4) is 0 Å². The quantitative estimate of drug-likeness (QED) is 0.776. The van der Waals surface area contributed by atoms with E-state index in [-0.39, 0.29) is 11.9 Å². The normalized spacial score (nSPS) is 12.7. The average molecular weight is 349 g/mol. The minimum Gasteiger partial charge on any atom is -0.309 e. The Morgan fingerprint density at radius 2 is 2.06 bits per heavy atom. The van der Waals surface area contributed by atoms with E-state index < -0.39 is 0 Å². The van der Waals surface area contributed by atoms with E-state index in [4.69, 9.17) is 11.6 Å². The zero-order valence-electron chi connectivity index (χ0n) is 9.93. The maximum absolute atomic E-state index is 14.1. The molecule has 0 aliphatic carbocycles. The van der Waals surface area contributed by atoms with Crippen molar-refractivity contribution in [2.75, 3.05) is 7.05 Å². The zero-order chi connectivity index (χ0) is 13.3. The van der Waals surface area contributed by atoms with E-state index >= 15 is 0 Å². The van der Waals surface area contributed by atoms with E-state index in [0.29, 0.717) is 15.1 Å². The predicted octanol–water partition coefficient (Wildman–Crippen LogP) is 4.92. The van der Waals surface area contributed by atoms with Crippen LogP contribution in [0.1, 0.15) is 22.7 Å². The monoisotopic (exact) mass is 347 g/mol. The van der Waals surface area contributed by atoms with Crippen LogP contribution in [0, 0.1) is 12.7 Å². The number of benzene rings is 1. The zero-order valence-corrected chi connectivity index (χ0v) is 13.1. The highest BCUT2D eigenvalue weighted by molar-refractivity contribution is 9.10. The van der Waals surface area contributed by atoms with Crippen LogP contribution in [-0.2, 0) is 0 Å². The summed E-state index contributed by atoms with van der Waals surface area (Å²) in [6.45, 7) is 2.02. The van der Waals surface area contributed by atoms with Gasteiger partial charge in [-0.2, -0.15) is 11.3 Å². The van der Waals surface area contributed by atoms with Crippen LogP contribution in [0.2, 0.25) is 5.02 Å². The number of hydrogen-bond acceptors (Lipinski definition) is 2. The minimum absolute atomic E-state index is 0.179. The van der Waals surface area contributed by atoms with Gasteiger partial charge < -0.3 is 5.32 Å². The second-order valence-corrected chi connectivity index (χ2v) is 6.02. The summed E-state index contributed by atoms with van der Waals surface area (Å²) in [6.07, 6.45) is 0. The van der Waals surface area contributed by atoms with Gasteiger partial charge in [0.2, 0.25) is 0 Å². The van der Waals surface area contributed by atoms with Crippen LogP contribution >= 0.6 is 38.9 Å². The molecule has 0 radical (unpaired) electrons. The van der Waals surface area contributed by atoms with Crippen molar-refractivity contribution >= 4 is 38.9 Å². The van der Waals surface area contributed by atoms with Crippen molar-refractivity contribution in [2.45, 2.75) is 13.0 Å². The lowest BCUT2D eigenvalue weighted by atomic mass is 9.98. The van der Waals surface area contributed by atoms with Gasteiger partial charge in [0.25, 0.3) is 0 Å². The summed E-state index contributed by atoms with van der Waals surface area (Å²) in [5, 5.41) is 7.74. The first kappa shape index (κ1) is 14.0. The van der Waals surface area contributed by atoms with E-state index in [1.165, 1.54) is 6.07 Å². The first-order valence-corrected chi connectivity index (χ1v) is 7.50. The lowest BCUT2D eigenvalue weighted by molar-refractivity contribution is 0.575. The smallest absolute Gasteiger partial charge is 0.129 e. The number of hydrogen-bond donors (Lipinski definition) is 1. The summed E-state index contributed by atoms with van der Waals surface area (Å²) in [7, 11) is 1.82. The van der Waals surface area contributed by atoms with Crippen LogP contribution in [0.5, 0.6) is 0 Å². The molecule has 0 aliphatic heterocycles.